The van der Waals surface area contributed by atoms with Gasteiger partial charge in [-0.2, -0.15) is 0 Å². The van der Waals surface area contributed by atoms with E-state index < -0.39 is 0 Å². The van der Waals surface area contributed by atoms with Crippen molar-refractivity contribution in [1.82, 2.24) is 10.2 Å². The van der Waals surface area contributed by atoms with Gasteiger partial charge in [0.05, 0.1) is 4.92 Å². The smallest absolute Gasteiger partial charge is 0.272 e. The molecule has 0 radical (unpaired) electrons. The van der Waals surface area contributed by atoms with Crippen LogP contribution in [-0.4, -0.2) is 42.5 Å². The molecule has 5 nitrogen and oxygen atoms in total. The van der Waals surface area contributed by atoms with Crippen LogP contribution in [0.3, 0.4) is 0 Å². The number of para-hydroxylation sites is 1. The Balaban J connectivity index is 1.62. The van der Waals surface area contributed by atoms with Crippen LogP contribution >= 0.6 is 0 Å². The SMILES string of the molecule is O=[N+]([O-])c1ccccc1CCNCCCN1CCCC1. The van der Waals surface area contributed by atoms with Gasteiger partial charge in [0.25, 0.3) is 5.69 Å². The molecule has 1 aromatic rings. The van der Waals surface area contributed by atoms with Crippen LogP contribution in [0.5, 0.6) is 0 Å². The molecule has 1 aliphatic heterocycles. The van der Waals surface area contributed by atoms with E-state index in [2.05, 4.69) is 10.2 Å². The van der Waals surface area contributed by atoms with Crippen molar-refractivity contribution in [3.8, 4) is 0 Å². The Morgan fingerprint density at radius 1 is 1.20 bits per heavy atom. The first-order valence-electron chi connectivity index (χ1n) is 7.43. The number of nitrogens with zero attached hydrogens (tertiary/aromatic N) is 2. The number of nitro groups is 1. The Kier molecular flexibility index (Phi) is 5.95. The van der Waals surface area contributed by atoms with Crippen molar-refractivity contribution in [2.75, 3.05) is 32.7 Å². The molecular weight excluding hydrogens is 254 g/mol. The molecule has 0 aliphatic carbocycles. The quantitative estimate of drug-likeness (QED) is 0.449. The predicted molar refractivity (Wildman–Crippen MR) is 80.0 cm³/mol. The normalized spacial score (nSPS) is 15.6. The maximum absolute atomic E-state index is 10.9. The molecule has 1 aromatic carbocycles. The van der Waals surface area contributed by atoms with E-state index in [0.717, 1.165) is 25.1 Å². The number of nitrogens with one attached hydrogen (secondary N) is 1. The van der Waals surface area contributed by atoms with Crippen molar-refractivity contribution in [3.05, 3.63) is 39.9 Å². The molecule has 5 heteroatoms. The van der Waals surface area contributed by atoms with Gasteiger partial charge in [-0.1, -0.05) is 18.2 Å². The molecule has 0 saturated carbocycles. The third-order valence-corrected chi connectivity index (χ3v) is 3.79. The van der Waals surface area contributed by atoms with Crippen LogP contribution in [-0.2, 0) is 6.42 Å². The zero-order valence-corrected chi connectivity index (χ0v) is 11.9. The summed E-state index contributed by atoms with van der Waals surface area (Å²) in [5.74, 6) is 0. The third kappa shape index (κ3) is 4.58. The van der Waals surface area contributed by atoms with Gasteiger partial charge in [0.2, 0.25) is 0 Å². The lowest BCUT2D eigenvalue weighted by Gasteiger charge is -2.14. The highest BCUT2D eigenvalue weighted by atomic mass is 16.6. The fourth-order valence-corrected chi connectivity index (χ4v) is 2.68. The summed E-state index contributed by atoms with van der Waals surface area (Å²) in [6.45, 7) is 5.44. The molecule has 1 heterocycles. The van der Waals surface area contributed by atoms with Crippen molar-refractivity contribution < 1.29 is 4.92 Å². The van der Waals surface area contributed by atoms with Crippen LogP contribution in [0.1, 0.15) is 24.8 Å². The average Bonchev–Trinajstić information content (AvgIpc) is 2.96. The maximum Gasteiger partial charge on any atom is 0.272 e. The van der Waals surface area contributed by atoms with Gasteiger partial charge in [-0.05, 0) is 58.4 Å². The van der Waals surface area contributed by atoms with Crippen LogP contribution in [0.15, 0.2) is 24.3 Å². The summed E-state index contributed by atoms with van der Waals surface area (Å²) in [6, 6.07) is 6.98. The van der Waals surface area contributed by atoms with Crippen LogP contribution in [0.4, 0.5) is 5.69 Å². The summed E-state index contributed by atoms with van der Waals surface area (Å²) in [5.41, 5.74) is 1.04. The fourth-order valence-electron chi connectivity index (χ4n) is 2.68. The zero-order chi connectivity index (χ0) is 14.2. The molecule has 1 fully saturated rings. The van der Waals surface area contributed by atoms with Gasteiger partial charge >= 0.3 is 0 Å². The summed E-state index contributed by atoms with van der Waals surface area (Å²) in [7, 11) is 0. The molecule has 1 saturated heterocycles. The lowest BCUT2D eigenvalue weighted by molar-refractivity contribution is -0.385. The van der Waals surface area contributed by atoms with Crippen molar-refractivity contribution in [2.45, 2.75) is 25.7 Å². The minimum absolute atomic E-state index is 0.228. The van der Waals surface area contributed by atoms with E-state index in [4.69, 9.17) is 0 Å². The second-order valence-electron chi connectivity index (χ2n) is 5.29. The van der Waals surface area contributed by atoms with Gasteiger partial charge in [0.1, 0.15) is 0 Å². The highest BCUT2D eigenvalue weighted by Gasteiger charge is 2.12. The molecule has 0 bridgehead atoms. The van der Waals surface area contributed by atoms with Crippen molar-refractivity contribution >= 4 is 5.69 Å². The predicted octanol–water partition coefficient (Wildman–Crippen LogP) is 2.21. The number of nitro benzene ring substituents is 1. The van der Waals surface area contributed by atoms with Crippen LogP contribution < -0.4 is 5.32 Å². The van der Waals surface area contributed by atoms with Crippen LogP contribution in [0.25, 0.3) is 0 Å². The van der Waals surface area contributed by atoms with Crippen molar-refractivity contribution in [2.24, 2.45) is 0 Å². The fraction of sp³-hybridized carbons (Fsp3) is 0.600. The van der Waals surface area contributed by atoms with E-state index in [1.807, 2.05) is 12.1 Å². The van der Waals surface area contributed by atoms with E-state index in [-0.39, 0.29) is 10.6 Å². The summed E-state index contributed by atoms with van der Waals surface area (Å²) < 4.78 is 0. The summed E-state index contributed by atoms with van der Waals surface area (Å²) in [6.07, 6.45) is 4.54. The van der Waals surface area contributed by atoms with E-state index in [0.29, 0.717) is 6.42 Å². The minimum atomic E-state index is -0.303. The van der Waals surface area contributed by atoms with Gasteiger partial charge in [0, 0.05) is 11.6 Å². The van der Waals surface area contributed by atoms with Crippen molar-refractivity contribution in [3.63, 3.8) is 0 Å². The summed E-state index contributed by atoms with van der Waals surface area (Å²) >= 11 is 0. The first-order chi connectivity index (χ1) is 9.77. The van der Waals surface area contributed by atoms with Gasteiger partial charge in [-0.3, -0.25) is 10.1 Å². The van der Waals surface area contributed by atoms with E-state index in [1.165, 1.54) is 32.5 Å². The molecule has 0 atom stereocenters. The highest BCUT2D eigenvalue weighted by Crippen LogP contribution is 2.17. The second kappa shape index (κ2) is 7.97. The van der Waals surface area contributed by atoms with Gasteiger partial charge in [0.15, 0.2) is 0 Å². The maximum atomic E-state index is 10.9. The summed E-state index contributed by atoms with van der Waals surface area (Å²) in [5, 5.41) is 14.3. The molecule has 0 aromatic heterocycles. The Labute approximate surface area is 120 Å². The Morgan fingerprint density at radius 2 is 1.95 bits per heavy atom. The number of hydrogen-bond acceptors (Lipinski definition) is 4. The summed E-state index contributed by atoms with van der Waals surface area (Å²) in [4.78, 5) is 13.1. The number of rotatable bonds is 8. The molecule has 1 N–H and O–H groups in total. The van der Waals surface area contributed by atoms with Gasteiger partial charge in [-0.15, -0.1) is 0 Å². The molecule has 0 spiro atoms. The average molecular weight is 277 g/mol. The molecule has 110 valence electrons. The third-order valence-electron chi connectivity index (χ3n) is 3.79. The van der Waals surface area contributed by atoms with E-state index >= 15 is 0 Å². The molecule has 20 heavy (non-hydrogen) atoms. The molecule has 2 rings (SSSR count). The molecule has 1 aliphatic rings. The van der Waals surface area contributed by atoms with E-state index in [1.54, 1.807) is 12.1 Å². The van der Waals surface area contributed by atoms with E-state index in [9.17, 15) is 10.1 Å². The molecule has 0 amide bonds. The first kappa shape index (κ1) is 14.9. The lowest BCUT2D eigenvalue weighted by atomic mass is 10.1. The van der Waals surface area contributed by atoms with Gasteiger partial charge < -0.3 is 10.2 Å². The number of benzene rings is 1. The number of hydrogen-bond donors (Lipinski definition) is 1. The monoisotopic (exact) mass is 277 g/mol. The standard InChI is InChI=1S/C15H23N3O2/c19-18(20)15-7-2-1-6-14(15)8-10-16-9-5-13-17-11-3-4-12-17/h1-2,6-7,16H,3-5,8-13H2. The van der Waals surface area contributed by atoms with Crippen molar-refractivity contribution in [1.29, 1.82) is 0 Å². The van der Waals surface area contributed by atoms with Crippen LogP contribution in [0, 0.1) is 10.1 Å². The number of likely N-dealkylation sites (tertiary alicyclic amines) is 1. The zero-order valence-electron chi connectivity index (χ0n) is 11.9. The molecular formula is C15H23N3O2. The minimum Gasteiger partial charge on any atom is -0.316 e. The Bertz CT molecular complexity index is 431. The highest BCUT2D eigenvalue weighted by molar-refractivity contribution is 5.39. The topological polar surface area (TPSA) is 58.4 Å². The largest absolute Gasteiger partial charge is 0.316 e. The lowest BCUT2D eigenvalue weighted by Crippen LogP contribution is -2.25. The van der Waals surface area contributed by atoms with Gasteiger partial charge in [-0.25, -0.2) is 0 Å². The molecule has 0 unspecified atom stereocenters. The Morgan fingerprint density at radius 3 is 2.70 bits per heavy atom. The first-order valence-corrected chi connectivity index (χ1v) is 7.43. The Hall–Kier alpha value is -1.46. The van der Waals surface area contributed by atoms with Crippen LogP contribution in [0.2, 0.25) is 0 Å². The second-order valence-corrected chi connectivity index (χ2v) is 5.29.